The van der Waals surface area contributed by atoms with E-state index in [9.17, 15) is 4.79 Å². The molecule has 0 aliphatic heterocycles. The van der Waals surface area contributed by atoms with Gasteiger partial charge in [-0.25, -0.2) is 9.78 Å². The average molecular weight is 284 g/mol. The molecule has 0 aliphatic carbocycles. The van der Waals surface area contributed by atoms with Gasteiger partial charge in [0, 0.05) is 17.9 Å². The van der Waals surface area contributed by atoms with Crippen LogP contribution in [0.15, 0.2) is 42.6 Å². The third-order valence-electron chi connectivity index (χ3n) is 3.32. The summed E-state index contributed by atoms with van der Waals surface area (Å²) in [7, 11) is 1.90. The van der Waals surface area contributed by atoms with Gasteiger partial charge >= 0.3 is 6.03 Å². The minimum absolute atomic E-state index is 0.229. The predicted molar refractivity (Wildman–Crippen MR) is 85.5 cm³/mol. The number of carbonyl (C=O) groups excluding carboxylic acids is 1. The predicted octanol–water partition coefficient (Wildman–Crippen LogP) is 3.31. The molecule has 1 aromatic carbocycles. The van der Waals surface area contributed by atoms with E-state index in [1.165, 1.54) is 0 Å². The van der Waals surface area contributed by atoms with Crippen molar-refractivity contribution in [2.45, 2.75) is 19.9 Å². The lowest BCUT2D eigenvalue weighted by Gasteiger charge is -2.13. The maximum absolute atomic E-state index is 12.0. The number of hydrogen-bond acceptors (Lipinski definition) is 3. The van der Waals surface area contributed by atoms with Crippen LogP contribution in [0.3, 0.4) is 0 Å². The highest BCUT2D eigenvalue weighted by Gasteiger charge is 2.07. The van der Waals surface area contributed by atoms with E-state index in [0.29, 0.717) is 5.82 Å². The molecule has 0 saturated heterocycles. The van der Waals surface area contributed by atoms with E-state index in [-0.39, 0.29) is 12.1 Å². The molecule has 21 heavy (non-hydrogen) atoms. The maximum Gasteiger partial charge on any atom is 0.324 e. The second-order valence-electron chi connectivity index (χ2n) is 4.88. The first-order chi connectivity index (χ1) is 10.1. The van der Waals surface area contributed by atoms with Gasteiger partial charge in [0.25, 0.3) is 0 Å². The normalized spacial score (nSPS) is 11.8. The minimum Gasteiger partial charge on any atom is -0.313 e. The lowest BCUT2D eigenvalue weighted by molar-refractivity contribution is 0.262. The van der Waals surface area contributed by atoms with E-state index in [2.05, 4.69) is 27.9 Å². The summed E-state index contributed by atoms with van der Waals surface area (Å²) in [6.45, 7) is 3.97. The third kappa shape index (κ3) is 4.03. The van der Waals surface area contributed by atoms with E-state index in [0.717, 1.165) is 16.8 Å². The zero-order valence-electron chi connectivity index (χ0n) is 12.5. The van der Waals surface area contributed by atoms with Gasteiger partial charge in [0.05, 0.1) is 0 Å². The number of benzene rings is 1. The first kappa shape index (κ1) is 15.0. The summed E-state index contributed by atoms with van der Waals surface area (Å²) in [4.78, 5) is 16.1. The van der Waals surface area contributed by atoms with Gasteiger partial charge in [0.15, 0.2) is 0 Å². The quantitative estimate of drug-likeness (QED) is 0.807. The lowest BCUT2D eigenvalue weighted by Crippen LogP contribution is -2.21. The molecule has 2 aromatic rings. The largest absolute Gasteiger partial charge is 0.324 e. The number of nitrogens with one attached hydrogen (secondary N) is 3. The Balaban J connectivity index is 2.05. The Morgan fingerprint density at radius 3 is 2.71 bits per heavy atom. The molecule has 1 unspecified atom stereocenters. The van der Waals surface area contributed by atoms with Crippen LogP contribution < -0.4 is 16.0 Å². The van der Waals surface area contributed by atoms with Crippen molar-refractivity contribution in [3.05, 3.63) is 53.7 Å². The summed E-state index contributed by atoms with van der Waals surface area (Å²) in [5, 5.41) is 8.73. The van der Waals surface area contributed by atoms with Gasteiger partial charge < -0.3 is 10.6 Å². The fourth-order valence-electron chi connectivity index (χ4n) is 1.94. The summed E-state index contributed by atoms with van der Waals surface area (Å²) in [6, 6.07) is 11.4. The van der Waals surface area contributed by atoms with Crippen molar-refractivity contribution in [2.24, 2.45) is 0 Å². The lowest BCUT2D eigenvalue weighted by atomic mass is 10.1. The molecule has 0 spiro atoms. The monoisotopic (exact) mass is 284 g/mol. The minimum atomic E-state index is -0.300. The van der Waals surface area contributed by atoms with Gasteiger partial charge in [-0.2, -0.15) is 0 Å². The zero-order chi connectivity index (χ0) is 15.2. The van der Waals surface area contributed by atoms with Crippen LogP contribution in [0.2, 0.25) is 0 Å². The highest BCUT2D eigenvalue weighted by Crippen LogP contribution is 2.17. The van der Waals surface area contributed by atoms with Crippen molar-refractivity contribution in [1.29, 1.82) is 0 Å². The molecule has 0 bridgehead atoms. The van der Waals surface area contributed by atoms with Crippen molar-refractivity contribution in [1.82, 2.24) is 10.3 Å². The van der Waals surface area contributed by atoms with Gasteiger partial charge in [0.2, 0.25) is 0 Å². The molecule has 1 aromatic heterocycles. The van der Waals surface area contributed by atoms with Crippen molar-refractivity contribution >= 4 is 17.5 Å². The van der Waals surface area contributed by atoms with Crippen molar-refractivity contribution in [3.8, 4) is 0 Å². The molecule has 5 heteroatoms. The summed E-state index contributed by atoms with van der Waals surface area (Å²) in [6.07, 6.45) is 1.65. The molecule has 1 atom stereocenters. The van der Waals surface area contributed by atoms with E-state index >= 15 is 0 Å². The second-order valence-corrected chi connectivity index (χ2v) is 4.88. The number of nitrogens with zero attached hydrogens (tertiary/aromatic N) is 1. The summed E-state index contributed by atoms with van der Waals surface area (Å²) < 4.78 is 0. The van der Waals surface area contributed by atoms with Gasteiger partial charge in [-0.1, -0.05) is 18.2 Å². The van der Waals surface area contributed by atoms with Crippen molar-refractivity contribution in [2.75, 3.05) is 17.7 Å². The van der Waals surface area contributed by atoms with Gasteiger partial charge in [-0.05, 0) is 50.2 Å². The number of amides is 2. The number of aromatic nitrogens is 1. The molecule has 0 radical (unpaired) electrons. The molecule has 2 amide bonds. The summed E-state index contributed by atoms with van der Waals surface area (Å²) in [5.41, 5.74) is 2.79. The van der Waals surface area contributed by atoms with Crippen molar-refractivity contribution < 1.29 is 4.79 Å². The van der Waals surface area contributed by atoms with Gasteiger partial charge in [0.1, 0.15) is 5.82 Å². The van der Waals surface area contributed by atoms with Crippen LogP contribution in [0.5, 0.6) is 0 Å². The van der Waals surface area contributed by atoms with Crippen LogP contribution in [0.25, 0.3) is 0 Å². The molecule has 2 rings (SSSR count). The number of rotatable bonds is 4. The SMILES string of the molecule is CNC(C)c1cccc(NC(=O)Nc2ncccc2C)c1. The third-order valence-corrected chi connectivity index (χ3v) is 3.32. The van der Waals surface area contributed by atoms with E-state index in [1.807, 2.05) is 50.4 Å². The molecule has 0 fully saturated rings. The standard InChI is InChI=1S/C16H20N4O/c1-11-6-5-9-18-15(11)20-16(21)19-14-8-4-7-13(10-14)12(2)17-3/h4-10,12,17H,1-3H3,(H2,18,19,20,21). The molecular formula is C16H20N4O. The Labute approximate surface area is 124 Å². The highest BCUT2D eigenvalue weighted by molar-refractivity contribution is 5.99. The first-order valence-electron chi connectivity index (χ1n) is 6.87. The highest BCUT2D eigenvalue weighted by atomic mass is 16.2. The Hall–Kier alpha value is -2.40. The fourth-order valence-corrected chi connectivity index (χ4v) is 1.94. The van der Waals surface area contributed by atoms with Crippen LogP contribution in [0, 0.1) is 6.92 Å². The van der Waals surface area contributed by atoms with E-state index in [4.69, 9.17) is 0 Å². The smallest absolute Gasteiger partial charge is 0.313 e. The molecule has 3 N–H and O–H groups in total. The molecular weight excluding hydrogens is 264 g/mol. The first-order valence-corrected chi connectivity index (χ1v) is 6.87. The Morgan fingerprint density at radius 2 is 2.00 bits per heavy atom. The van der Waals surface area contributed by atoms with E-state index in [1.54, 1.807) is 6.20 Å². The number of carbonyl (C=O) groups is 1. The van der Waals surface area contributed by atoms with Crippen LogP contribution in [-0.4, -0.2) is 18.1 Å². The maximum atomic E-state index is 12.0. The zero-order valence-corrected chi connectivity index (χ0v) is 12.5. The van der Waals surface area contributed by atoms with Crippen LogP contribution in [0.1, 0.15) is 24.1 Å². The van der Waals surface area contributed by atoms with Crippen LogP contribution >= 0.6 is 0 Å². The average Bonchev–Trinajstić information content (AvgIpc) is 2.49. The summed E-state index contributed by atoms with van der Waals surface area (Å²) >= 11 is 0. The Morgan fingerprint density at radius 1 is 1.19 bits per heavy atom. The van der Waals surface area contributed by atoms with Gasteiger partial charge in [-0.15, -0.1) is 0 Å². The molecule has 0 aliphatic rings. The number of hydrogen-bond donors (Lipinski definition) is 3. The number of pyridine rings is 1. The number of anilines is 2. The summed E-state index contributed by atoms with van der Waals surface area (Å²) in [5.74, 6) is 0.565. The Bertz CT molecular complexity index is 627. The van der Waals surface area contributed by atoms with Crippen LogP contribution in [0.4, 0.5) is 16.3 Å². The Kier molecular flexibility index (Phi) is 4.90. The number of aryl methyl sites for hydroxylation is 1. The number of urea groups is 1. The van der Waals surface area contributed by atoms with Crippen LogP contribution in [-0.2, 0) is 0 Å². The molecule has 5 nitrogen and oxygen atoms in total. The topological polar surface area (TPSA) is 66.0 Å². The molecule has 0 saturated carbocycles. The second kappa shape index (κ2) is 6.85. The fraction of sp³-hybridized carbons (Fsp3) is 0.250. The van der Waals surface area contributed by atoms with E-state index < -0.39 is 0 Å². The molecule has 110 valence electrons. The van der Waals surface area contributed by atoms with Crippen molar-refractivity contribution in [3.63, 3.8) is 0 Å². The molecule has 1 heterocycles. The van der Waals surface area contributed by atoms with Gasteiger partial charge in [-0.3, -0.25) is 5.32 Å².